The largest absolute Gasteiger partial charge is 0.433 e. The minimum atomic E-state index is -4.49. The SMILES string of the molecule is COC1(c2ccnn2C)CN(c2nc(C)cc(C(F)(F)F)n2)C1. The molecule has 1 saturated heterocycles. The van der Waals surface area contributed by atoms with E-state index >= 15 is 0 Å². The van der Waals surface area contributed by atoms with Gasteiger partial charge in [0.2, 0.25) is 5.95 Å². The highest BCUT2D eigenvalue weighted by molar-refractivity contribution is 5.42. The average molecular weight is 327 g/mol. The van der Waals surface area contributed by atoms with Crippen LogP contribution in [0, 0.1) is 6.92 Å². The predicted octanol–water partition coefficient (Wildman–Crippen LogP) is 1.90. The van der Waals surface area contributed by atoms with Crippen LogP contribution in [0.4, 0.5) is 19.1 Å². The van der Waals surface area contributed by atoms with E-state index in [4.69, 9.17) is 4.74 Å². The fraction of sp³-hybridized carbons (Fsp3) is 0.500. The highest BCUT2D eigenvalue weighted by atomic mass is 19.4. The molecular formula is C14H16F3N5O. The average Bonchev–Trinajstić information content (AvgIpc) is 2.84. The third kappa shape index (κ3) is 2.65. The zero-order chi connectivity index (χ0) is 16.8. The summed E-state index contributed by atoms with van der Waals surface area (Å²) in [6.07, 6.45) is -2.84. The smallest absolute Gasteiger partial charge is 0.368 e. The molecule has 1 aliphatic rings. The van der Waals surface area contributed by atoms with Gasteiger partial charge in [-0.3, -0.25) is 4.68 Å². The maximum absolute atomic E-state index is 12.9. The summed E-state index contributed by atoms with van der Waals surface area (Å²) in [6, 6.07) is 2.77. The molecule has 0 unspecified atom stereocenters. The molecule has 1 fully saturated rings. The lowest BCUT2D eigenvalue weighted by Crippen LogP contribution is -2.62. The second-order valence-corrected chi connectivity index (χ2v) is 5.59. The van der Waals surface area contributed by atoms with E-state index in [9.17, 15) is 13.2 Å². The van der Waals surface area contributed by atoms with Gasteiger partial charge in [-0.15, -0.1) is 0 Å². The molecule has 2 aromatic heterocycles. The number of hydrogen-bond acceptors (Lipinski definition) is 5. The topological polar surface area (TPSA) is 56.1 Å². The van der Waals surface area contributed by atoms with E-state index in [1.54, 1.807) is 29.9 Å². The number of aromatic nitrogens is 4. The molecule has 0 atom stereocenters. The Kier molecular flexibility index (Phi) is 3.55. The Bertz CT molecular complexity index is 721. The van der Waals surface area contributed by atoms with Crippen LogP contribution >= 0.6 is 0 Å². The number of methoxy groups -OCH3 is 1. The summed E-state index contributed by atoms with van der Waals surface area (Å²) < 4.78 is 45.9. The van der Waals surface area contributed by atoms with E-state index in [0.717, 1.165) is 11.8 Å². The molecule has 0 aromatic carbocycles. The van der Waals surface area contributed by atoms with Crippen molar-refractivity contribution in [2.75, 3.05) is 25.1 Å². The summed E-state index contributed by atoms with van der Waals surface area (Å²) in [5.41, 5.74) is -0.412. The Labute approximate surface area is 130 Å². The van der Waals surface area contributed by atoms with Crippen molar-refractivity contribution in [3.63, 3.8) is 0 Å². The highest BCUT2D eigenvalue weighted by Gasteiger charge is 2.48. The van der Waals surface area contributed by atoms with Crippen molar-refractivity contribution in [3.8, 4) is 0 Å². The highest BCUT2D eigenvalue weighted by Crippen LogP contribution is 2.37. The first-order chi connectivity index (χ1) is 10.7. The molecule has 0 bridgehead atoms. The van der Waals surface area contributed by atoms with Gasteiger partial charge in [-0.05, 0) is 19.1 Å². The molecule has 23 heavy (non-hydrogen) atoms. The molecule has 2 aromatic rings. The van der Waals surface area contributed by atoms with E-state index in [2.05, 4.69) is 15.1 Å². The van der Waals surface area contributed by atoms with Gasteiger partial charge in [0.05, 0.1) is 18.8 Å². The van der Waals surface area contributed by atoms with Crippen LogP contribution in [0.25, 0.3) is 0 Å². The molecule has 124 valence electrons. The van der Waals surface area contributed by atoms with Crippen molar-refractivity contribution >= 4 is 5.95 Å². The molecule has 0 N–H and O–H groups in total. The van der Waals surface area contributed by atoms with Gasteiger partial charge in [0, 0.05) is 26.0 Å². The molecule has 3 heterocycles. The lowest BCUT2D eigenvalue weighted by atomic mass is 9.90. The first-order valence-electron chi connectivity index (χ1n) is 6.97. The van der Waals surface area contributed by atoms with Gasteiger partial charge in [-0.25, -0.2) is 9.97 Å². The van der Waals surface area contributed by atoms with E-state index in [1.807, 2.05) is 6.07 Å². The predicted molar refractivity (Wildman–Crippen MR) is 75.9 cm³/mol. The van der Waals surface area contributed by atoms with Crippen molar-refractivity contribution in [3.05, 3.63) is 35.4 Å². The zero-order valence-electron chi connectivity index (χ0n) is 12.9. The Balaban J connectivity index is 1.87. The minimum Gasteiger partial charge on any atom is -0.368 e. The van der Waals surface area contributed by atoms with Gasteiger partial charge in [0.1, 0.15) is 11.3 Å². The molecular weight excluding hydrogens is 311 g/mol. The van der Waals surface area contributed by atoms with Crippen LogP contribution in [0.3, 0.4) is 0 Å². The number of halogens is 3. The van der Waals surface area contributed by atoms with E-state index in [-0.39, 0.29) is 11.6 Å². The molecule has 0 aliphatic carbocycles. The van der Waals surface area contributed by atoms with E-state index in [0.29, 0.717) is 13.1 Å². The first kappa shape index (κ1) is 15.7. The van der Waals surface area contributed by atoms with Gasteiger partial charge in [0.15, 0.2) is 0 Å². The Morgan fingerprint density at radius 1 is 1.26 bits per heavy atom. The van der Waals surface area contributed by atoms with Crippen molar-refractivity contribution in [1.29, 1.82) is 0 Å². The second-order valence-electron chi connectivity index (χ2n) is 5.59. The maximum atomic E-state index is 12.9. The van der Waals surface area contributed by atoms with Crippen molar-refractivity contribution in [1.82, 2.24) is 19.7 Å². The zero-order valence-corrected chi connectivity index (χ0v) is 12.9. The lowest BCUT2D eigenvalue weighted by Gasteiger charge is -2.48. The number of aryl methyl sites for hydroxylation is 2. The standard InChI is InChI=1S/C14H16F3N5O/c1-9-6-10(14(15,16)17)20-12(19-9)22-7-13(8-22,23-3)11-4-5-18-21(11)2/h4-6H,7-8H2,1-3H3. The van der Waals surface area contributed by atoms with Crippen molar-refractivity contribution < 1.29 is 17.9 Å². The van der Waals surface area contributed by atoms with E-state index in [1.165, 1.54) is 6.92 Å². The van der Waals surface area contributed by atoms with Crippen LogP contribution in [0.2, 0.25) is 0 Å². The van der Waals surface area contributed by atoms with Crippen LogP contribution < -0.4 is 4.90 Å². The maximum Gasteiger partial charge on any atom is 0.433 e. The molecule has 1 aliphatic heterocycles. The summed E-state index contributed by atoms with van der Waals surface area (Å²) in [5.74, 6) is 0.0622. The molecule has 9 heteroatoms. The number of rotatable bonds is 3. The van der Waals surface area contributed by atoms with Crippen LogP contribution in [0.15, 0.2) is 18.3 Å². The molecule has 0 spiro atoms. The quantitative estimate of drug-likeness (QED) is 0.862. The van der Waals surface area contributed by atoms with Crippen LogP contribution in [-0.2, 0) is 23.6 Å². The summed E-state index contributed by atoms with van der Waals surface area (Å²) >= 11 is 0. The Morgan fingerprint density at radius 3 is 2.48 bits per heavy atom. The third-order valence-corrected chi connectivity index (χ3v) is 3.99. The van der Waals surface area contributed by atoms with Gasteiger partial charge >= 0.3 is 6.18 Å². The number of anilines is 1. The van der Waals surface area contributed by atoms with Gasteiger partial charge in [-0.1, -0.05) is 0 Å². The normalized spacial score (nSPS) is 17.2. The molecule has 0 radical (unpaired) electrons. The molecule has 3 rings (SSSR count). The summed E-state index contributed by atoms with van der Waals surface area (Å²) in [5, 5.41) is 4.11. The van der Waals surface area contributed by atoms with Crippen LogP contribution in [0.1, 0.15) is 17.1 Å². The second kappa shape index (κ2) is 5.19. The van der Waals surface area contributed by atoms with Crippen molar-refractivity contribution in [2.45, 2.75) is 18.7 Å². The molecule has 0 saturated carbocycles. The van der Waals surface area contributed by atoms with Crippen molar-refractivity contribution in [2.24, 2.45) is 7.05 Å². The van der Waals surface area contributed by atoms with E-state index < -0.39 is 17.5 Å². The fourth-order valence-corrected chi connectivity index (χ4v) is 2.77. The van der Waals surface area contributed by atoms with Gasteiger partial charge < -0.3 is 9.64 Å². The number of nitrogens with zero attached hydrogens (tertiary/aromatic N) is 5. The first-order valence-corrected chi connectivity index (χ1v) is 6.97. The summed E-state index contributed by atoms with van der Waals surface area (Å²) in [6.45, 7) is 2.25. The number of hydrogen-bond donors (Lipinski definition) is 0. The van der Waals surface area contributed by atoms with Gasteiger partial charge in [-0.2, -0.15) is 18.3 Å². The third-order valence-electron chi connectivity index (χ3n) is 3.99. The Hall–Kier alpha value is -2.16. The summed E-state index contributed by atoms with van der Waals surface area (Å²) in [7, 11) is 3.37. The minimum absolute atomic E-state index is 0.0622. The summed E-state index contributed by atoms with van der Waals surface area (Å²) in [4.78, 5) is 9.42. The van der Waals surface area contributed by atoms with Crippen LogP contribution in [0.5, 0.6) is 0 Å². The fourth-order valence-electron chi connectivity index (χ4n) is 2.77. The van der Waals surface area contributed by atoms with Crippen LogP contribution in [-0.4, -0.2) is 39.9 Å². The monoisotopic (exact) mass is 327 g/mol. The number of ether oxygens (including phenoxy) is 1. The molecule has 6 nitrogen and oxygen atoms in total. The molecule has 0 amide bonds. The Morgan fingerprint density at radius 2 is 1.96 bits per heavy atom. The number of alkyl halides is 3. The lowest BCUT2D eigenvalue weighted by molar-refractivity contribution is -0.141. The van der Waals surface area contributed by atoms with Gasteiger partial charge in [0.25, 0.3) is 0 Å².